The number of aromatic nitrogens is 2. The van der Waals surface area contributed by atoms with Gasteiger partial charge in [-0.3, -0.25) is 4.90 Å². The highest BCUT2D eigenvalue weighted by Crippen LogP contribution is 2.38. The van der Waals surface area contributed by atoms with E-state index < -0.39 is 0 Å². The summed E-state index contributed by atoms with van der Waals surface area (Å²) in [5.41, 5.74) is 1.46. The van der Waals surface area contributed by atoms with Crippen molar-refractivity contribution in [3.8, 4) is 0 Å². The molecule has 134 valence electrons. The van der Waals surface area contributed by atoms with E-state index in [1.165, 1.54) is 47.9 Å². The van der Waals surface area contributed by atoms with Crippen LogP contribution in [0.25, 0.3) is 10.1 Å². The van der Waals surface area contributed by atoms with E-state index in [-0.39, 0.29) is 0 Å². The van der Waals surface area contributed by atoms with E-state index in [0.29, 0.717) is 12.0 Å². The lowest BCUT2D eigenvalue weighted by Crippen LogP contribution is -2.41. The first-order valence-electron chi connectivity index (χ1n) is 9.62. The number of hydrogen-bond acceptors (Lipinski definition) is 5. The standard InChI is InChI=1S/C21H24N4S/c1-2-6-19-18(5-1)16(14-26-19)12-25-11-3-4-17(13-25)23-20-9-10-22-21(24-20)15-7-8-15/h1-2,5-6,9-10,14-15,17H,3-4,7-8,11-13H2,(H,22,23,24). The van der Waals surface area contributed by atoms with Crippen LogP contribution in [0.15, 0.2) is 41.9 Å². The zero-order chi connectivity index (χ0) is 17.3. The van der Waals surface area contributed by atoms with E-state index in [0.717, 1.165) is 24.7 Å². The molecule has 0 spiro atoms. The first-order valence-corrected chi connectivity index (χ1v) is 10.5. The first-order chi connectivity index (χ1) is 12.8. The van der Waals surface area contributed by atoms with Gasteiger partial charge >= 0.3 is 0 Å². The summed E-state index contributed by atoms with van der Waals surface area (Å²) in [6.07, 6.45) is 6.84. The number of nitrogens with zero attached hydrogens (tertiary/aromatic N) is 3. The van der Waals surface area contributed by atoms with Gasteiger partial charge in [0.15, 0.2) is 0 Å². The molecule has 2 fully saturated rings. The number of likely N-dealkylation sites (tertiary alicyclic amines) is 1. The maximum atomic E-state index is 4.73. The number of nitrogens with one attached hydrogen (secondary N) is 1. The second-order valence-electron chi connectivity index (χ2n) is 7.55. The third-order valence-corrected chi connectivity index (χ3v) is 6.44. The number of thiophene rings is 1. The lowest BCUT2D eigenvalue weighted by atomic mass is 10.0. The monoisotopic (exact) mass is 364 g/mol. The largest absolute Gasteiger partial charge is 0.366 e. The van der Waals surface area contributed by atoms with E-state index in [4.69, 9.17) is 4.98 Å². The Bertz CT molecular complexity index is 902. The van der Waals surface area contributed by atoms with E-state index in [2.05, 4.69) is 44.8 Å². The molecular formula is C21H24N4S. The van der Waals surface area contributed by atoms with Gasteiger partial charge in [-0.05, 0) is 60.7 Å². The summed E-state index contributed by atoms with van der Waals surface area (Å²) in [4.78, 5) is 11.7. The Morgan fingerprint density at radius 2 is 2.08 bits per heavy atom. The molecule has 1 aliphatic carbocycles. The van der Waals surface area contributed by atoms with Crippen molar-refractivity contribution in [1.29, 1.82) is 0 Å². The summed E-state index contributed by atoms with van der Waals surface area (Å²) in [7, 11) is 0. The smallest absolute Gasteiger partial charge is 0.133 e. The van der Waals surface area contributed by atoms with Crippen LogP contribution in [-0.2, 0) is 6.54 Å². The van der Waals surface area contributed by atoms with Gasteiger partial charge in [-0.2, -0.15) is 0 Å². The van der Waals surface area contributed by atoms with Crippen molar-refractivity contribution in [2.75, 3.05) is 18.4 Å². The van der Waals surface area contributed by atoms with Gasteiger partial charge in [0, 0.05) is 35.9 Å². The molecule has 3 aromatic rings. The summed E-state index contributed by atoms with van der Waals surface area (Å²) >= 11 is 1.86. The molecule has 5 rings (SSSR count). The van der Waals surface area contributed by atoms with Gasteiger partial charge < -0.3 is 5.32 Å². The summed E-state index contributed by atoms with van der Waals surface area (Å²) in [5.74, 6) is 2.62. The molecule has 1 atom stereocenters. The molecule has 1 aliphatic heterocycles. The molecule has 1 saturated heterocycles. The third-order valence-electron chi connectivity index (χ3n) is 5.43. The van der Waals surface area contributed by atoms with Crippen LogP contribution in [0.2, 0.25) is 0 Å². The van der Waals surface area contributed by atoms with Crippen molar-refractivity contribution in [3.05, 3.63) is 53.3 Å². The molecule has 2 aromatic heterocycles. The minimum Gasteiger partial charge on any atom is -0.366 e. The molecule has 1 saturated carbocycles. The van der Waals surface area contributed by atoms with Gasteiger partial charge in [0.1, 0.15) is 11.6 Å². The summed E-state index contributed by atoms with van der Waals surface area (Å²) < 4.78 is 1.39. The molecule has 0 radical (unpaired) electrons. The molecular weight excluding hydrogens is 340 g/mol. The molecule has 1 N–H and O–H groups in total. The molecule has 0 amide bonds. The summed E-state index contributed by atoms with van der Waals surface area (Å²) in [6, 6.07) is 11.2. The van der Waals surface area contributed by atoms with Crippen molar-refractivity contribution in [1.82, 2.24) is 14.9 Å². The van der Waals surface area contributed by atoms with Crippen molar-refractivity contribution < 1.29 is 0 Å². The Balaban J connectivity index is 1.25. The average Bonchev–Trinajstić information content (AvgIpc) is 3.45. The van der Waals surface area contributed by atoms with Gasteiger partial charge in [-0.15, -0.1) is 11.3 Å². The molecule has 4 nitrogen and oxygen atoms in total. The fourth-order valence-electron chi connectivity index (χ4n) is 3.91. The summed E-state index contributed by atoms with van der Waals surface area (Å²) in [6.45, 7) is 3.30. The Kier molecular flexibility index (Phi) is 4.35. The zero-order valence-corrected chi connectivity index (χ0v) is 15.7. The Morgan fingerprint density at radius 3 is 3.00 bits per heavy atom. The molecule has 26 heavy (non-hydrogen) atoms. The highest BCUT2D eigenvalue weighted by molar-refractivity contribution is 7.17. The normalized spacial score (nSPS) is 21.2. The van der Waals surface area contributed by atoms with E-state index in [1.54, 1.807) is 0 Å². The number of piperidine rings is 1. The first kappa shape index (κ1) is 16.2. The Morgan fingerprint density at radius 1 is 1.15 bits per heavy atom. The van der Waals surface area contributed by atoms with Crippen LogP contribution in [0, 0.1) is 0 Å². The molecule has 1 aromatic carbocycles. The molecule has 1 unspecified atom stereocenters. The summed E-state index contributed by atoms with van der Waals surface area (Å²) in [5, 5.41) is 7.40. The van der Waals surface area contributed by atoms with Crippen LogP contribution in [0.3, 0.4) is 0 Å². The lowest BCUT2D eigenvalue weighted by molar-refractivity contribution is 0.209. The Labute approximate surface area is 158 Å². The Hall–Kier alpha value is -1.98. The molecule has 0 bridgehead atoms. The van der Waals surface area contributed by atoms with Gasteiger partial charge in [0.05, 0.1) is 0 Å². The molecule has 2 aliphatic rings. The van der Waals surface area contributed by atoms with Gasteiger partial charge in [-0.25, -0.2) is 9.97 Å². The van der Waals surface area contributed by atoms with Crippen LogP contribution in [0.5, 0.6) is 0 Å². The van der Waals surface area contributed by atoms with Crippen LogP contribution < -0.4 is 5.32 Å². The maximum absolute atomic E-state index is 4.73. The van der Waals surface area contributed by atoms with Crippen LogP contribution in [0.1, 0.15) is 43.0 Å². The minimum absolute atomic E-state index is 0.468. The van der Waals surface area contributed by atoms with Crippen molar-refractivity contribution in [2.24, 2.45) is 0 Å². The van der Waals surface area contributed by atoms with Crippen molar-refractivity contribution in [2.45, 2.75) is 44.2 Å². The second-order valence-corrected chi connectivity index (χ2v) is 8.46. The van der Waals surface area contributed by atoms with Gasteiger partial charge in [0.25, 0.3) is 0 Å². The topological polar surface area (TPSA) is 41.0 Å². The lowest BCUT2D eigenvalue weighted by Gasteiger charge is -2.33. The quantitative estimate of drug-likeness (QED) is 0.716. The number of hydrogen-bond donors (Lipinski definition) is 1. The predicted octanol–water partition coefficient (Wildman–Crippen LogP) is 4.65. The second kappa shape index (κ2) is 6.97. The van der Waals surface area contributed by atoms with Gasteiger partial charge in [0.2, 0.25) is 0 Å². The predicted molar refractivity (Wildman–Crippen MR) is 108 cm³/mol. The van der Waals surface area contributed by atoms with E-state index in [9.17, 15) is 0 Å². The molecule has 3 heterocycles. The SMILES string of the molecule is c1ccc2c(CN3CCCC(Nc4ccnc(C5CC5)n4)C3)csc2c1. The average molecular weight is 365 g/mol. The van der Waals surface area contributed by atoms with Crippen LogP contribution in [0.4, 0.5) is 5.82 Å². The van der Waals surface area contributed by atoms with Gasteiger partial charge in [-0.1, -0.05) is 18.2 Å². The van der Waals surface area contributed by atoms with E-state index >= 15 is 0 Å². The fraction of sp³-hybridized carbons (Fsp3) is 0.429. The fourth-order valence-corrected chi connectivity index (χ4v) is 4.87. The van der Waals surface area contributed by atoms with E-state index in [1.807, 2.05) is 23.6 Å². The van der Waals surface area contributed by atoms with Crippen LogP contribution in [-0.4, -0.2) is 34.0 Å². The molecule has 5 heteroatoms. The number of anilines is 1. The third kappa shape index (κ3) is 3.46. The highest BCUT2D eigenvalue weighted by Gasteiger charge is 2.27. The maximum Gasteiger partial charge on any atom is 0.133 e. The highest BCUT2D eigenvalue weighted by atomic mass is 32.1. The van der Waals surface area contributed by atoms with Crippen molar-refractivity contribution in [3.63, 3.8) is 0 Å². The number of fused-ring (bicyclic) bond motifs is 1. The minimum atomic E-state index is 0.468. The zero-order valence-electron chi connectivity index (χ0n) is 14.9. The number of benzene rings is 1. The van der Waals surface area contributed by atoms with Crippen molar-refractivity contribution >= 4 is 27.2 Å². The van der Waals surface area contributed by atoms with Crippen LogP contribution >= 0.6 is 11.3 Å². The number of rotatable bonds is 5.